The van der Waals surface area contributed by atoms with Crippen LogP contribution in [0, 0.1) is 23.2 Å². The van der Waals surface area contributed by atoms with Crippen molar-refractivity contribution in [2.75, 3.05) is 13.2 Å². The third kappa shape index (κ3) is 2.50. The number of hydrogen-bond acceptors (Lipinski definition) is 1. The van der Waals surface area contributed by atoms with Crippen molar-refractivity contribution in [3.05, 3.63) is 23.3 Å². The molecular weight excluding hydrogens is 244 g/mol. The highest BCUT2D eigenvalue weighted by atomic mass is 16.5. The highest BCUT2D eigenvalue weighted by Gasteiger charge is 2.46. The predicted octanol–water partition coefficient (Wildman–Crippen LogP) is 5.13. The first-order valence-electron chi connectivity index (χ1n) is 8.54. The summed E-state index contributed by atoms with van der Waals surface area (Å²) in [6, 6.07) is 0. The first-order valence-corrected chi connectivity index (χ1v) is 8.54. The summed E-state index contributed by atoms with van der Waals surface area (Å²) >= 11 is 0. The Kier molecular flexibility index (Phi) is 4.08. The minimum atomic E-state index is 0.496. The predicted molar refractivity (Wildman–Crippen MR) is 84.6 cm³/mol. The maximum absolute atomic E-state index is 5.47. The van der Waals surface area contributed by atoms with E-state index in [0.29, 0.717) is 5.41 Å². The van der Waals surface area contributed by atoms with Gasteiger partial charge in [0.1, 0.15) is 0 Å². The number of hydrogen-bond donors (Lipinski definition) is 0. The average molecular weight is 274 g/mol. The fourth-order valence-corrected chi connectivity index (χ4v) is 4.97. The van der Waals surface area contributed by atoms with Gasteiger partial charge in [-0.1, -0.05) is 31.6 Å². The lowest BCUT2D eigenvalue weighted by molar-refractivity contribution is 0.0304. The Morgan fingerprint density at radius 1 is 1.30 bits per heavy atom. The van der Waals surface area contributed by atoms with Gasteiger partial charge in [-0.3, -0.25) is 0 Å². The van der Waals surface area contributed by atoms with Gasteiger partial charge in [-0.25, -0.2) is 0 Å². The normalized spacial score (nSPS) is 41.0. The molecule has 0 spiro atoms. The number of allylic oxidation sites excluding steroid dienone is 2. The molecule has 1 fully saturated rings. The minimum absolute atomic E-state index is 0.496. The lowest BCUT2D eigenvalue weighted by Gasteiger charge is -2.52. The second-order valence-corrected chi connectivity index (χ2v) is 7.58. The summed E-state index contributed by atoms with van der Waals surface area (Å²) in [5, 5.41) is 0. The molecule has 3 aliphatic rings. The number of ether oxygens (including phenoxy) is 1. The minimum Gasteiger partial charge on any atom is -0.373 e. The second-order valence-electron chi connectivity index (χ2n) is 7.58. The van der Waals surface area contributed by atoms with Gasteiger partial charge in [0.05, 0.1) is 13.2 Å². The van der Waals surface area contributed by atoms with Gasteiger partial charge >= 0.3 is 0 Å². The molecule has 4 atom stereocenters. The number of fused-ring (bicyclic) bond motifs is 1. The molecule has 0 radical (unpaired) electrons. The van der Waals surface area contributed by atoms with Crippen molar-refractivity contribution >= 4 is 0 Å². The maximum atomic E-state index is 5.47. The van der Waals surface area contributed by atoms with Crippen molar-refractivity contribution in [1.82, 2.24) is 0 Å². The molecule has 0 amide bonds. The fourth-order valence-electron chi connectivity index (χ4n) is 4.97. The van der Waals surface area contributed by atoms with E-state index in [1.807, 2.05) is 0 Å². The molecule has 1 saturated carbocycles. The Labute approximate surface area is 124 Å². The van der Waals surface area contributed by atoms with Crippen LogP contribution in [0.5, 0.6) is 0 Å². The van der Waals surface area contributed by atoms with E-state index < -0.39 is 0 Å². The zero-order chi connectivity index (χ0) is 14.2. The molecule has 3 rings (SSSR count). The summed E-state index contributed by atoms with van der Waals surface area (Å²) in [4.78, 5) is 0. The summed E-state index contributed by atoms with van der Waals surface area (Å²) in [5.74, 6) is 2.74. The molecule has 0 aromatic rings. The van der Waals surface area contributed by atoms with Crippen molar-refractivity contribution in [2.24, 2.45) is 23.2 Å². The average Bonchev–Trinajstić information content (AvgIpc) is 2.94. The molecule has 1 aliphatic heterocycles. The van der Waals surface area contributed by atoms with Crippen LogP contribution in [0.4, 0.5) is 0 Å². The van der Waals surface area contributed by atoms with Crippen molar-refractivity contribution in [2.45, 2.75) is 59.3 Å². The van der Waals surface area contributed by atoms with E-state index >= 15 is 0 Å². The third-order valence-corrected chi connectivity index (χ3v) is 6.59. The lowest BCUT2D eigenvalue weighted by atomic mass is 9.53. The van der Waals surface area contributed by atoms with Crippen LogP contribution in [0.25, 0.3) is 0 Å². The molecule has 0 aromatic carbocycles. The van der Waals surface area contributed by atoms with E-state index in [4.69, 9.17) is 4.74 Å². The SMILES string of the molecule is CC1=CCC[C@@H]2[C@@H](CCC3=CCOC3)[C@H](C)CC[C@@]12C. The van der Waals surface area contributed by atoms with Crippen LogP contribution >= 0.6 is 0 Å². The summed E-state index contributed by atoms with van der Waals surface area (Å²) in [5.41, 5.74) is 3.72. The van der Waals surface area contributed by atoms with Crippen molar-refractivity contribution in [3.63, 3.8) is 0 Å². The summed E-state index contributed by atoms with van der Waals surface area (Å²) < 4.78 is 5.47. The van der Waals surface area contributed by atoms with Crippen LogP contribution in [0.15, 0.2) is 23.3 Å². The van der Waals surface area contributed by atoms with Gasteiger partial charge in [-0.15, -0.1) is 0 Å². The fraction of sp³-hybridized carbons (Fsp3) is 0.789. The standard InChI is InChI=1S/C19H30O/c1-14-9-11-19(3)15(2)5-4-6-18(19)17(14)8-7-16-10-12-20-13-16/h5,10,14,17-18H,4,6-9,11-13H2,1-3H3/t14-,17+,18-,19+/m1/s1. The topological polar surface area (TPSA) is 9.23 Å². The Morgan fingerprint density at radius 3 is 2.90 bits per heavy atom. The Morgan fingerprint density at radius 2 is 2.15 bits per heavy atom. The Balaban J connectivity index is 1.72. The molecule has 0 N–H and O–H groups in total. The number of rotatable bonds is 3. The molecule has 0 saturated heterocycles. The largest absolute Gasteiger partial charge is 0.373 e. The molecule has 1 heterocycles. The van der Waals surface area contributed by atoms with E-state index in [9.17, 15) is 0 Å². The monoisotopic (exact) mass is 274 g/mol. The lowest BCUT2D eigenvalue weighted by Crippen LogP contribution is -2.43. The van der Waals surface area contributed by atoms with Crippen molar-refractivity contribution in [1.29, 1.82) is 0 Å². The van der Waals surface area contributed by atoms with E-state index in [1.165, 1.54) is 38.5 Å². The summed E-state index contributed by atoms with van der Waals surface area (Å²) in [6.07, 6.45) is 13.0. The highest BCUT2D eigenvalue weighted by Crippen LogP contribution is 2.56. The molecule has 1 nitrogen and oxygen atoms in total. The van der Waals surface area contributed by atoms with Gasteiger partial charge in [-0.05, 0) is 74.2 Å². The van der Waals surface area contributed by atoms with Crippen LogP contribution in [0.3, 0.4) is 0 Å². The molecule has 112 valence electrons. The molecular formula is C19H30O. The molecule has 0 aromatic heterocycles. The van der Waals surface area contributed by atoms with Crippen LogP contribution in [0.2, 0.25) is 0 Å². The first-order chi connectivity index (χ1) is 9.61. The van der Waals surface area contributed by atoms with E-state index in [0.717, 1.165) is 31.0 Å². The zero-order valence-electron chi connectivity index (χ0n) is 13.5. The van der Waals surface area contributed by atoms with Gasteiger partial charge in [0.15, 0.2) is 0 Å². The van der Waals surface area contributed by atoms with Gasteiger partial charge in [-0.2, -0.15) is 0 Å². The Bertz CT molecular complexity index is 419. The van der Waals surface area contributed by atoms with Crippen LogP contribution in [-0.4, -0.2) is 13.2 Å². The van der Waals surface area contributed by atoms with E-state index in [2.05, 4.69) is 32.9 Å². The van der Waals surface area contributed by atoms with Gasteiger partial charge in [0.25, 0.3) is 0 Å². The van der Waals surface area contributed by atoms with Crippen molar-refractivity contribution < 1.29 is 4.74 Å². The maximum Gasteiger partial charge on any atom is 0.0681 e. The van der Waals surface area contributed by atoms with Gasteiger partial charge in [0, 0.05) is 0 Å². The second kappa shape index (κ2) is 5.67. The highest BCUT2D eigenvalue weighted by molar-refractivity contribution is 5.19. The van der Waals surface area contributed by atoms with Gasteiger partial charge in [0.2, 0.25) is 0 Å². The van der Waals surface area contributed by atoms with Crippen LogP contribution in [0.1, 0.15) is 59.3 Å². The first kappa shape index (κ1) is 14.4. The van der Waals surface area contributed by atoms with E-state index in [-0.39, 0.29) is 0 Å². The smallest absolute Gasteiger partial charge is 0.0681 e. The van der Waals surface area contributed by atoms with Crippen molar-refractivity contribution in [3.8, 4) is 0 Å². The molecule has 20 heavy (non-hydrogen) atoms. The van der Waals surface area contributed by atoms with E-state index in [1.54, 1.807) is 11.1 Å². The third-order valence-electron chi connectivity index (χ3n) is 6.59. The summed E-state index contributed by atoms with van der Waals surface area (Å²) in [6.45, 7) is 9.16. The quantitative estimate of drug-likeness (QED) is 0.648. The summed E-state index contributed by atoms with van der Waals surface area (Å²) in [7, 11) is 0. The van der Waals surface area contributed by atoms with Crippen LogP contribution < -0.4 is 0 Å². The zero-order valence-corrected chi connectivity index (χ0v) is 13.5. The molecule has 0 bridgehead atoms. The molecule has 2 aliphatic carbocycles. The Hall–Kier alpha value is -0.560. The van der Waals surface area contributed by atoms with Crippen LogP contribution in [-0.2, 0) is 4.74 Å². The molecule has 0 unspecified atom stereocenters. The molecule has 1 heteroatoms. The van der Waals surface area contributed by atoms with Gasteiger partial charge < -0.3 is 4.74 Å².